The van der Waals surface area contributed by atoms with E-state index in [9.17, 15) is 4.79 Å². The molecule has 1 aliphatic heterocycles. The number of ketones is 1. The van der Waals surface area contributed by atoms with E-state index in [0.29, 0.717) is 5.76 Å². The average molecular weight is 286 g/mol. The third-order valence-electron chi connectivity index (χ3n) is 4.28. The van der Waals surface area contributed by atoms with Gasteiger partial charge in [-0.25, -0.2) is 0 Å². The summed E-state index contributed by atoms with van der Waals surface area (Å²) in [6.07, 6.45) is 1.09. The first-order valence-corrected chi connectivity index (χ1v) is 7.48. The van der Waals surface area contributed by atoms with E-state index in [2.05, 4.69) is 22.9 Å². The standard InChI is InChI=1S/C17H22N2O2/c1-12-5-6-15-13(9-12)10-16(21-15)17(20)14-11-18(2)7-4-8-19(14)3/h5-6,9-10,14H,4,7-8,11H2,1-3H3. The highest BCUT2D eigenvalue weighted by Gasteiger charge is 2.29. The molecule has 4 heteroatoms. The maximum absolute atomic E-state index is 12.8. The predicted octanol–water partition coefficient (Wildman–Crippen LogP) is 2.56. The van der Waals surface area contributed by atoms with E-state index in [1.54, 1.807) is 0 Å². The topological polar surface area (TPSA) is 36.7 Å². The second-order valence-corrected chi connectivity index (χ2v) is 6.13. The van der Waals surface area contributed by atoms with E-state index in [4.69, 9.17) is 4.42 Å². The van der Waals surface area contributed by atoms with Gasteiger partial charge in [0.25, 0.3) is 0 Å². The monoisotopic (exact) mass is 286 g/mol. The smallest absolute Gasteiger partial charge is 0.216 e. The van der Waals surface area contributed by atoms with Gasteiger partial charge < -0.3 is 9.32 Å². The second-order valence-electron chi connectivity index (χ2n) is 6.13. The van der Waals surface area contributed by atoms with Gasteiger partial charge in [0.05, 0.1) is 6.04 Å². The van der Waals surface area contributed by atoms with Crippen molar-refractivity contribution in [3.8, 4) is 0 Å². The number of Topliss-reactive ketones (excluding diaryl/α,β-unsaturated/α-hetero) is 1. The van der Waals surface area contributed by atoms with Crippen molar-refractivity contribution < 1.29 is 9.21 Å². The lowest BCUT2D eigenvalue weighted by molar-refractivity contribution is 0.0813. The first kappa shape index (κ1) is 14.3. The van der Waals surface area contributed by atoms with Crippen LogP contribution in [-0.4, -0.2) is 55.4 Å². The lowest BCUT2D eigenvalue weighted by Gasteiger charge is -2.25. The van der Waals surface area contributed by atoms with E-state index in [1.807, 2.05) is 32.2 Å². The Morgan fingerprint density at radius 3 is 2.86 bits per heavy atom. The molecule has 2 aromatic rings. The number of hydrogen-bond acceptors (Lipinski definition) is 4. The largest absolute Gasteiger partial charge is 0.453 e. The van der Waals surface area contributed by atoms with Crippen molar-refractivity contribution in [2.24, 2.45) is 0 Å². The predicted molar refractivity (Wildman–Crippen MR) is 83.8 cm³/mol. The van der Waals surface area contributed by atoms with Crippen molar-refractivity contribution in [3.05, 3.63) is 35.6 Å². The molecule has 21 heavy (non-hydrogen) atoms. The average Bonchev–Trinajstić information content (AvgIpc) is 2.78. The van der Waals surface area contributed by atoms with Crippen LogP contribution in [0.25, 0.3) is 11.0 Å². The Morgan fingerprint density at radius 1 is 1.24 bits per heavy atom. The minimum atomic E-state index is -0.126. The van der Waals surface area contributed by atoms with Gasteiger partial charge in [-0.2, -0.15) is 0 Å². The summed E-state index contributed by atoms with van der Waals surface area (Å²) >= 11 is 0. The maximum Gasteiger partial charge on any atom is 0.216 e. The Bertz CT molecular complexity index is 662. The van der Waals surface area contributed by atoms with Gasteiger partial charge in [0.15, 0.2) is 5.76 Å². The fraction of sp³-hybridized carbons (Fsp3) is 0.471. The first-order valence-electron chi connectivity index (χ1n) is 7.48. The molecule has 0 bridgehead atoms. The van der Waals surface area contributed by atoms with Crippen LogP contribution in [0.3, 0.4) is 0 Å². The van der Waals surface area contributed by atoms with Crippen LogP contribution in [0, 0.1) is 6.92 Å². The number of nitrogens with zero attached hydrogens (tertiary/aromatic N) is 2. The zero-order chi connectivity index (χ0) is 15.0. The lowest BCUT2D eigenvalue weighted by atomic mass is 10.1. The van der Waals surface area contributed by atoms with E-state index in [-0.39, 0.29) is 11.8 Å². The van der Waals surface area contributed by atoms with E-state index in [0.717, 1.165) is 37.0 Å². The highest BCUT2D eigenvalue weighted by Crippen LogP contribution is 2.23. The van der Waals surface area contributed by atoms with Gasteiger partial charge >= 0.3 is 0 Å². The van der Waals surface area contributed by atoms with Gasteiger partial charge in [0.1, 0.15) is 5.58 Å². The lowest BCUT2D eigenvalue weighted by Crippen LogP contribution is -2.43. The van der Waals surface area contributed by atoms with E-state index < -0.39 is 0 Å². The molecule has 112 valence electrons. The molecule has 0 radical (unpaired) electrons. The number of furan rings is 1. The van der Waals surface area contributed by atoms with E-state index in [1.165, 1.54) is 5.56 Å². The molecule has 1 aromatic heterocycles. The Kier molecular flexibility index (Phi) is 3.83. The summed E-state index contributed by atoms with van der Waals surface area (Å²) in [5.41, 5.74) is 1.96. The number of carbonyl (C=O) groups is 1. The van der Waals surface area contributed by atoms with Crippen molar-refractivity contribution in [1.29, 1.82) is 0 Å². The summed E-state index contributed by atoms with van der Waals surface area (Å²) in [5.74, 6) is 0.558. The van der Waals surface area contributed by atoms with Gasteiger partial charge in [-0.1, -0.05) is 11.6 Å². The normalized spacial score (nSPS) is 21.6. The summed E-state index contributed by atoms with van der Waals surface area (Å²) in [6, 6.07) is 7.75. The van der Waals surface area contributed by atoms with Crippen molar-refractivity contribution in [2.45, 2.75) is 19.4 Å². The molecule has 1 atom stereocenters. The molecule has 0 amide bonds. The minimum absolute atomic E-state index is 0.0834. The van der Waals surface area contributed by atoms with Crippen molar-refractivity contribution in [3.63, 3.8) is 0 Å². The number of aryl methyl sites for hydroxylation is 1. The Labute approximate surface area is 125 Å². The van der Waals surface area contributed by atoms with Crippen molar-refractivity contribution in [2.75, 3.05) is 33.7 Å². The van der Waals surface area contributed by atoms with Gasteiger partial charge in [0, 0.05) is 11.9 Å². The second kappa shape index (κ2) is 5.62. The molecule has 1 fully saturated rings. The van der Waals surface area contributed by atoms with Crippen LogP contribution in [0.1, 0.15) is 22.5 Å². The fourth-order valence-corrected chi connectivity index (χ4v) is 3.00. The number of hydrogen-bond donors (Lipinski definition) is 0. The Morgan fingerprint density at radius 2 is 2.05 bits per heavy atom. The molecule has 0 saturated carbocycles. The van der Waals surface area contributed by atoms with Gasteiger partial charge in [-0.3, -0.25) is 9.69 Å². The molecule has 0 spiro atoms. The highest BCUT2D eigenvalue weighted by molar-refractivity contribution is 6.01. The zero-order valence-corrected chi connectivity index (χ0v) is 12.9. The fourth-order valence-electron chi connectivity index (χ4n) is 3.00. The molecule has 1 aromatic carbocycles. The van der Waals surface area contributed by atoms with Crippen molar-refractivity contribution in [1.82, 2.24) is 9.80 Å². The van der Waals surface area contributed by atoms with Crippen LogP contribution in [-0.2, 0) is 0 Å². The zero-order valence-electron chi connectivity index (χ0n) is 12.9. The molecule has 1 unspecified atom stereocenters. The third kappa shape index (κ3) is 2.87. The Hall–Kier alpha value is -1.65. The summed E-state index contributed by atoms with van der Waals surface area (Å²) in [6.45, 7) is 4.78. The number of rotatable bonds is 2. The van der Waals surface area contributed by atoms with Gasteiger partial charge in [-0.15, -0.1) is 0 Å². The molecule has 3 rings (SSSR count). The molecular weight excluding hydrogens is 264 g/mol. The Balaban J connectivity index is 1.91. The van der Waals surface area contributed by atoms with Crippen molar-refractivity contribution >= 4 is 16.8 Å². The van der Waals surface area contributed by atoms with Gasteiger partial charge in [-0.05, 0) is 58.7 Å². The molecule has 0 N–H and O–H groups in total. The van der Waals surface area contributed by atoms with Crippen LogP contribution >= 0.6 is 0 Å². The number of carbonyl (C=O) groups excluding carboxylic acids is 1. The SMILES string of the molecule is Cc1ccc2oc(C(=O)C3CN(C)CCCN3C)cc2c1. The van der Waals surface area contributed by atoms with Crippen LogP contribution in [0.2, 0.25) is 0 Å². The molecule has 1 aliphatic rings. The van der Waals surface area contributed by atoms with E-state index >= 15 is 0 Å². The molecule has 0 aliphatic carbocycles. The quantitative estimate of drug-likeness (QED) is 0.795. The van der Waals surface area contributed by atoms with Crippen LogP contribution in [0.15, 0.2) is 28.7 Å². The highest BCUT2D eigenvalue weighted by atomic mass is 16.3. The number of likely N-dealkylation sites (N-methyl/N-ethyl adjacent to an activating group) is 2. The van der Waals surface area contributed by atoms with Gasteiger partial charge in [0.2, 0.25) is 5.78 Å². The summed E-state index contributed by atoms with van der Waals surface area (Å²) in [7, 11) is 4.09. The molecular formula is C17H22N2O2. The van der Waals surface area contributed by atoms with Crippen LogP contribution < -0.4 is 0 Å². The third-order valence-corrected chi connectivity index (χ3v) is 4.28. The van der Waals surface area contributed by atoms with Crippen LogP contribution in [0.5, 0.6) is 0 Å². The summed E-state index contributed by atoms with van der Waals surface area (Å²) in [4.78, 5) is 17.2. The molecule has 2 heterocycles. The summed E-state index contributed by atoms with van der Waals surface area (Å²) in [5, 5.41) is 1.00. The number of fused-ring (bicyclic) bond motifs is 1. The van der Waals surface area contributed by atoms with Crippen LogP contribution in [0.4, 0.5) is 0 Å². The first-order chi connectivity index (χ1) is 10.0. The summed E-state index contributed by atoms with van der Waals surface area (Å²) < 4.78 is 5.77. The minimum Gasteiger partial charge on any atom is -0.453 e. The maximum atomic E-state index is 12.8. The number of benzene rings is 1. The molecule has 4 nitrogen and oxygen atoms in total. The molecule has 1 saturated heterocycles.